The van der Waals surface area contributed by atoms with Gasteiger partial charge in [-0.3, -0.25) is 0 Å². The number of ether oxygens (including phenoxy) is 1. The maximum atomic E-state index is 12.3. The van der Waals surface area contributed by atoms with E-state index in [1.54, 1.807) is 36.0 Å². The van der Waals surface area contributed by atoms with Gasteiger partial charge in [0.15, 0.2) is 0 Å². The van der Waals surface area contributed by atoms with Gasteiger partial charge in [-0.25, -0.2) is 0 Å². The number of para-hydroxylation sites is 1. The average Bonchev–Trinajstić information content (AvgIpc) is 2.39. The number of anilines is 1. The van der Waals surface area contributed by atoms with Gasteiger partial charge in [-0.05, 0) is 30.3 Å². The van der Waals surface area contributed by atoms with E-state index in [0.717, 1.165) is 10.5 Å². The summed E-state index contributed by atoms with van der Waals surface area (Å²) >= 11 is 1.54. The van der Waals surface area contributed by atoms with Crippen molar-refractivity contribution in [3.63, 3.8) is 0 Å². The first kappa shape index (κ1) is 13.7. The van der Waals surface area contributed by atoms with E-state index in [2.05, 4.69) is 4.74 Å². The van der Waals surface area contributed by atoms with Gasteiger partial charge in [-0.1, -0.05) is 18.2 Å². The van der Waals surface area contributed by atoms with Crippen LogP contribution in [0.4, 0.5) is 14.5 Å². The lowest BCUT2D eigenvalue weighted by atomic mass is 10.2. The Morgan fingerprint density at radius 3 is 2.42 bits per heavy atom. The van der Waals surface area contributed by atoms with Crippen LogP contribution in [0.25, 0.3) is 0 Å². The molecule has 0 spiro atoms. The second-order valence-corrected chi connectivity index (χ2v) is 4.89. The summed E-state index contributed by atoms with van der Waals surface area (Å²) < 4.78 is 29.0. The SMILES string of the molecule is Nc1ccc(SCc2ccccc2OC(F)F)cc1. The van der Waals surface area contributed by atoms with Crippen molar-refractivity contribution in [2.45, 2.75) is 17.3 Å². The second-order valence-electron chi connectivity index (χ2n) is 3.84. The lowest BCUT2D eigenvalue weighted by Gasteiger charge is -2.10. The van der Waals surface area contributed by atoms with Crippen molar-refractivity contribution in [3.05, 3.63) is 54.1 Å². The van der Waals surface area contributed by atoms with Crippen LogP contribution >= 0.6 is 11.8 Å². The lowest BCUT2D eigenvalue weighted by Crippen LogP contribution is -2.03. The summed E-state index contributed by atoms with van der Waals surface area (Å²) in [7, 11) is 0. The quantitative estimate of drug-likeness (QED) is 0.660. The van der Waals surface area contributed by atoms with Gasteiger partial charge in [0.05, 0.1) is 0 Å². The van der Waals surface area contributed by atoms with Gasteiger partial charge >= 0.3 is 6.61 Å². The second kappa shape index (κ2) is 6.43. The van der Waals surface area contributed by atoms with E-state index < -0.39 is 6.61 Å². The highest BCUT2D eigenvalue weighted by Crippen LogP contribution is 2.29. The molecule has 2 N–H and O–H groups in total. The van der Waals surface area contributed by atoms with Crippen LogP contribution in [0.5, 0.6) is 5.75 Å². The van der Waals surface area contributed by atoms with Crippen LogP contribution in [0.3, 0.4) is 0 Å². The minimum atomic E-state index is -2.80. The molecule has 0 aliphatic heterocycles. The Hall–Kier alpha value is -1.75. The molecule has 0 saturated carbocycles. The van der Waals surface area contributed by atoms with Crippen molar-refractivity contribution in [1.29, 1.82) is 0 Å². The zero-order valence-corrected chi connectivity index (χ0v) is 10.9. The van der Waals surface area contributed by atoms with Crippen LogP contribution in [0.2, 0.25) is 0 Å². The highest BCUT2D eigenvalue weighted by atomic mass is 32.2. The fourth-order valence-electron chi connectivity index (χ4n) is 1.56. The number of rotatable bonds is 5. The first-order chi connectivity index (χ1) is 9.15. The van der Waals surface area contributed by atoms with Crippen molar-refractivity contribution in [3.8, 4) is 5.75 Å². The fourth-order valence-corrected chi connectivity index (χ4v) is 2.45. The maximum absolute atomic E-state index is 12.3. The van der Waals surface area contributed by atoms with Gasteiger partial charge in [0.25, 0.3) is 0 Å². The van der Waals surface area contributed by atoms with Crippen LogP contribution in [0.1, 0.15) is 5.56 Å². The Kier molecular flexibility index (Phi) is 4.63. The topological polar surface area (TPSA) is 35.2 Å². The van der Waals surface area contributed by atoms with Gasteiger partial charge in [0.2, 0.25) is 0 Å². The zero-order chi connectivity index (χ0) is 13.7. The molecule has 2 nitrogen and oxygen atoms in total. The highest BCUT2D eigenvalue weighted by molar-refractivity contribution is 7.98. The minimum absolute atomic E-state index is 0.223. The summed E-state index contributed by atoms with van der Waals surface area (Å²) in [6.07, 6.45) is 0. The van der Waals surface area contributed by atoms with E-state index in [0.29, 0.717) is 11.4 Å². The number of halogens is 2. The molecule has 5 heteroatoms. The molecule has 0 amide bonds. The van der Waals surface area contributed by atoms with Crippen LogP contribution < -0.4 is 10.5 Å². The molecule has 0 aliphatic carbocycles. The molecule has 19 heavy (non-hydrogen) atoms. The predicted molar refractivity (Wildman–Crippen MR) is 73.5 cm³/mol. The van der Waals surface area contributed by atoms with Gasteiger partial charge in [-0.2, -0.15) is 8.78 Å². The molecule has 0 bridgehead atoms. The number of hydrogen-bond acceptors (Lipinski definition) is 3. The monoisotopic (exact) mass is 281 g/mol. The third-order valence-electron chi connectivity index (χ3n) is 2.46. The number of hydrogen-bond donors (Lipinski definition) is 1. The number of nitrogens with two attached hydrogens (primary N) is 1. The van der Waals surface area contributed by atoms with E-state index in [1.807, 2.05) is 24.3 Å². The molecular formula is C14H13F2NOS. The van der Waals surface area contributed by atoms with Crippen molar-refractivity contribution < 1.29 is 13.5 Å². The first-order valence-electron chi connectivity index (χ1n) is 5.66. The van der Waals surface area contributed by atoms with Crippen LogP contribution in [-0.2, 0) is 5.75 Å². The Balaban J connectivity index is 2.04. The molecule has 0 unspecified atom stereocenters. The third kappa shape index (κ3) is 4.13. The van der Waals surface area contributed by atoms with Crippen molar-refractivity contribution in [2.24, 2.45) is 0 Å². The Morgan fingerprint density at radius 2 is 1.74 bits per heavy atom. The molecule has 0 aliphatic rings. The Labute approximate surface area is 114 Å². The van der Waals surface area contributed by atoms with Crippen LogP contribution in [-0.4, -0.2) is 6.61 Å². The van der Waals surface area contributed by atoms with Crippen molar-refractivity contribution in [1.82, 2.24) is 0 Å². The number of thioether (sulfide) groups is 1. The summed E-state index contributed by atoms with van der Waals surface area (Å²) in [5.74, 6) is 0.785. The lowest BCUT2D eigenvalue weighted by molar-refractivity contribution is -0.0503. The molecule has 0 saturated heterocycles. The Bertz CT molecular complexity index is 531. The summed E-state index contributed by atoms with van der Waals surface area (Å²) in [5.41, 5.74) is 7.04. The van der Waals surface area contributed by atoms with E-state index >= 15 is 0 Å². The fraction of sp³-hybridized carbons (Fsp3) is 0.143. The van der Waals surface area contributed by atoms with E-state index in [1.165, 1.54) is 0 Å². The van der Waals surface area contributed by atoms with Gasteiger partial charge in [-0.15, -0.1) is 11.8 Å². The van der Waals surface area contributed by atoms with Crippen LogP contribution in [0, 0.1) is 0 Å². The molecule has 0 aromatic heterocycles. The maximum Gasteiger partial charge on any atom is 0.387 e. The van der Waals surface area contributed by atoms with E-state index in [9.17, 15) is 8.78 Å². The van der Waals surface area contributed by atoms with E-state index in [4.69, 9.17) is 5.73 Å². The third-order valence-corrected chi connectivity index (χ3v) is 3.52. The van der Waals surface area contributed by atoms with Gasteiger partial charge in [0, 0.05) is 21.9 Å². The molecular weight excluding hydrogens is 268 g/mol. The highest BCUT2D eigenvalue weighted by Gasteiger charge is 2.09. The Morgan fingerprint density at radius 1 is 1.05 bits per heavy atom. The summed E-state index contributed by atoms with van der Waals surface area (Å²) in [6, 6.07) is 14.2. The summed E-state index contributed by atoms with van der Waals surface area (Å²) in [4.78, 5) is 1.03. The normalized spacial score (nSPS) is 10.7. The number of benzene rings is 2. The van der Waals surface area contributed by atoms with E-state index in [-0.39, 0.29) is 5.75 Å². The molecule has 0 fully saturated rings. The average molecular weight is 281 g/mol. The molecule has 2 aromatic rings. The van der Waals surface area contributed by atoms with Gasteiger partial charge in [0.1, 0.15) is 5.75 Å². The van der Waals surface area contributed by atoms with Crippen LogP contribution in [0.15, 0.2) is 53.4 Å². The van der Waals surface area contributed by atoms with Gasteiger partial charge < -0.3 is 10.5 Å². The molecule has 0 radical (unpaired) electrons. The van der Waals surface area contributed by atoms with Crippen molar-refractivity contribution >= 4 is 17.4 Å². The molecule has 2 rings (SSSR count). The zero-order valence-electron chi connectivity index (χ0n) is 10.1. The molecule has 0 heterocycles. The molecule has 2 aromatic carbocycles. The minimum Gasteiger partial charge on any atom is -0.435 e. The summed E-state index contributed by atoms with van der Waals surface area (Å²) in [5, 5.41) is 0. The molecule has 0 atom stereocenters. The largest absolute Gasteiger partial charge is 0.435 e. The number of alkyl halides is 2. The van der Waals surface area contributed by atoms with Crippen molar-refractivity contribution in [2.75, 3.05) is 5.73 Å². The first-order valence-corrected chi connectivity index (χ1v) is 6.65. The standard InChI is InChI=1S/C14H13F2NOS/c15-14(16)18-13-4-2-1-3-10(13)9-19-12-7-5-11(17)6-8-12/h1-8,14H,9,17H2. The summed E-state index contributed by atoms with van der Waals surface area (Å²) in [6.45, 7) is -2.80. The predicted octanol–water partition coefficient (Wildman–Crippen LogP) is 4.16. The number of nitrogen functional groups attached to an aromatic ring is 1. The molecule has 100 valence electrons. The smallest absolute Gasteiger partial charge is 0.387 e.